The standard InChI is InChI=1S/C25H25Cl2NO5/c1-16-13-21(17(2)28(16)19-7-9-20(31-3)10-8-19)23(29)15-33-25(30)5-4-12-32-24-11-6-18(26)14-22(24)27/h6-11,13-14H,4-5,12,15H2,1-3H3. The van der Waals surface area contributed by atoms with Crippen LogP contribution in [0.15, 0.2) is 48.5 Å². The van der Waals surface area contributed by atoms with Gasteiger partial charge in [0, 0.05) is 34.1 Å². The minimum Gasteiger partial charge on any atom is -0.497 e. The molecule has 0 spiro atoms. The third-order valence-corrected chi connectivity index (χ3v) is 5.63. The molecule has 3 aromatic rings. The van der Waals surface area contributed by atoms with Crippen molar-refractivity contribution in [2.45, 2.75) is 26.7 Å². The van der Waals surface area contributed by atoms with Crippen molar-refractivity contribution in [2.24, 2.45) is 0 Å². The molecule has 1 aromatic heterocycles. The van der Waals surface area contributed by atoms with E-state index in [4.69, 9.17) is 37.4 Å². The Labute approximate surface area is 203 Å². The highest BCUT2D eigenvalue weighted by atomic mass is 35.5. The van der Waals surface area contributed by atoms with Gasteiger partial charge in [0.1, 0.15) is 11.5 Å². The molecule has 174 valence electrons. The van der Waals surface area contributed by atoms with E-state index in [9.17, 15) is 9.59 Å². The van der Waals surface area contributed by atoms with Crippen molar-refractivity contribution in [1.29, 1.82) is 0 Å². The summed E-state index contributed by atoms with van der Waals surface area (Å²) < 4.78 is 17.9. The maximum atomic E-state index is 12.7. The number of benzene rings is 2. The second-order valence-electron chi connectivity index (χ2n) is 7.43. The summed E-state index contributed by atoms with van der Waals surface area (Å²) in [5.41, 5.74) is 3.14. The Morgan fingerprint density at radius 1 is 1.00 bits per heavy atom. The molecule has 0 N–H and O–H groups in total. The predicted molar refractivity (Wildman–Crippen MR) is 128 cm³/mol. The van der Waals surface area contributed by atoms with E-state index < -0.39 is 5.97 Å². The van der Waals surface area contributed by atoms with E-state index in [1.54, 1.807) is 31.4 Å². The fraction of sp³-hybridized carbons (Fsp3) is 0.280. The molecule has 3 rings (SSSR count). The van der Waals surface area contributed by atoms with Crippen LogP contribution in [0.25, 0.3) is 5.69 Å². The lowest BCUT2D eigenvalue weighted by Crippen LogP contribution is -2.15. The number of methoxy groups -OCH3 is 1. The summed E-state index contributed by atoms with van der Waals surface area (Å²) in [7, 11) is 1.61. The van der Waals surface area contributed by atoms with E-state index >= 15 is 0 Å². The smallest absolute Gasteiger partial charge is 0.306 e. The Bertz CT molecular complexity index is 1140. The maximum absolute atomic E-state index is 12.7. The van der Waals surface area contributed by atoms with Gasteiger partial charge in [-0.25, -0.2) is 0 Å². The van der Waals surface area contributed by atoms with Gasteiger partial charge in [0.05, 0.1) is 18.7 Å². The Balaban J connectivity index is 1.50. The first-order chi connectivity index (χ1) is 15.8. The summed E-state index contributed by atoms with van der Waals surface area (Å²) in [4.78, 5) is 24.7. The van der Waals surface area contributed by atoms with E-state index in [0.717, 1.165) is 22.8 Å². The number of esters is 1. The number of carbonyl (C=O) groups is 2. The number of rotatable bonds is 10. The molecule has 0 radical (unpaired) electrons. The van der Waals surface area contributed by atoms with Crippen LogP contribution in [0.5, 0.6) is 11.5 Å². The second kappa shape index (κ2) is 11.3. The zero-order valence-electron chi connectivity index (χ0n) is 18.7. The lowest BCUT2D eigenvalue weighted by atomic mass is 10.1. The van der Waals surface area contributed by atoms with Gasteiger partial charge in [-0.05, 0) is 68.8 Å². The number of hydrogen-bond acceptors (Lipinski definition) is 5. The third-order valence-electron chi connectivity index (χ3n) is 5.10. The number of Topliss-reactive ketones (excluding diaryl/α,β-unsaturated/α-hetero) is 1. The van der Waals surface area contributed by atoms with Crippen LogP contribution in [0.2, 0.25) is 10.0 Å². The summed E-state index contributed by atoms with van der Waals surface area (Å²) in [6.45, 7) is 3.77. The van der Waals surface area contributed by atoms with Crippen LogP contribution in [0.1, 0.15) is 34.6 Å². The average molecular weight is 490 g/mol. The molecule has 1 heterocycles. The number of aromatic nitrogens is 1. The van der Waals surface area contributed by atoms with Crippen LogP contribution >= 0.6 is 23.2 Å². The number of aryl methyl sites for hydroxylation is 1. The van der Waals surface area contributed by atoms with E-state index in [2.05, 4.69) is 0 Å². The van der Waals surface area contributed by atoms with Gasteiger partial charge in [0.15, 0.2) is 6.61 Å². The molecule has 2 aromatic carbocycles. The first kappa shape index (κ1) is 24.7. The molecular weight excluding hydrogens is 465 g/mol. The summed E-state index contributed by atoms with van der Waals surface area (Å²) in [5, 5.41) is 0.924. The molecule has 0 saturated heterocycles. The Hall–Kier alpha value is -2.96. The van der Waals surface area contributed by atoms with Crippen LogP contribution in [0.3, 0.4) is 0 Å². The SMILES string of the molecule is COc1ccc(-n2c(C)cc(C(=O)COC(=O)CCCOc3ccc(Cl)cc3Cl)c2C)cc1. The Morgan fingerprint density at radius 3 is 2.39 bits per heavy atom. The number of ether oxygens (including phenoxy) is 3. The van der Waals surface area contributed by atoms with Gasteiger partial charge in [0.2, 0.25) is 5.78 Å². The first-order valence-corrected chi connectivity index (χ1v) is 11.2. The van der Waals surface area contributed by atoms with E-state index in [-0.39, 0.29) is 25.4 Å². The minimum absolute atomic E-state index is 0.128. The lowest BCUT2D eigenvalue weighted by Gasteiger charge is -2.11. The largest absolute Gasteiger partial charge is 0.497 e. The Morgan fingerprint density at radius 2 is 1.73 bits per heavy atom. The quantitative estimate of drug-likeness (QED) is 0.198. The average Bonchev–Trinajstić information content (AvgIpc) is 3.10. The van der Waals surface area contributed by atoms with Crippen molar-refractivity contribution >= 4 is 35.0 Å². The molecule has 33 heavy (non-hydrogen) atoms. The molecular formula is C25H25Cl2NO5. The summed E-state index contributed by atoms with van der Waals surface area (Å²) in [5.74, 6) is 0.543. The van der Waals surface area contributed by atoms with Gasteiger partial charge in [-0.15, -0.1) is 0 Å². The number of ketones is 1. The highest BCUT2D eigenvalue weighted by Gasteiger charge is 2.18. The molecule has 0 unspecified atom stereocenters. The lowest BCUT2D eigenvalue weighted by molar-refractivity contribution is -0.142. The van der Waals surface area contributed by atoms with Crippen LogP contribution in [-0.2, 0) is 9.53 Å². The minimum atomic E-state index is -0.460. The number of halogens is 2. The zero-order chi connectivity index (χ0) is 24.0. The fourth-order valence-corrected chi connectivity index (χ4v) is 3.92. The molecule has 6 nitrogen and oxygen atoms in total. The molecule has 0 fully saturated rings. The maximum Gasteiger partial charge on any atom is 0.306 e. The van der Waals surface area contributed by atoms with E-state index in [1.807, 2.05) is 42.7 Å². The highest BCUT2D eigenvalue weighted by molar-refractivity contribution is 6.35. The van der Waals surface area contributed by atoms with Crippen molar-refractivity contribution in [3.63, 3.8) is 0 Å². The molecule has 0 aliphatic rings. The topological polar surface area (TPSA) is 66.8 Å². The molecule has 0 aliphatic carbocycles. The van der Waals surface area contributed by atoms with Crippen LogP contribution in [0, 0.1) is 13.8 Å². The van der Waals surface area contributed by atoms with Crippen molar-refractivity contribution < 1.29 is 23.8 Å². The van der Waals surface area contributed by atoms with Crippen LogP contribution in [0.4, 0.5) is 0 Å². The Kier molecular flexibility index (Phi) is 8.42. The number of nitrogens with zero attached hydrogens (tertiary/aromatic N) is 1. The van der Waals surface area contributed by atoms with Gasteiger partial charge in [-0.3, -0.25) is 9.59 Å². The van der Waals surface area contributed by atoms with Crippen molar-refractivity contribution in [3.8, 4) is 17.2 Å². The molecule has 0 bridgehead atoms. The number of hydrogen-bond donors (Lipinski definition) is 0. The zero-order valence-corrected chi connectivity index (χ0v) is 20.2. The monoisotopic (exact) mass is 489 g/mol. The first-order valence-electron chi connectivity index (χ1n) is 10.4. The van der Waals surface area contributed by atoms with Gasteiger partial charge in [0.25, 0.3) is 0 Å². The van der Waals surface area contributed by atoms with Crippen LogP contribution < -0.4 is 9.47 Å². The summed E-state index contributed by atoms with van der Waals surface area (Å²) in [6, 6.07) is 14.3. The second-order valence-corrected chi connectivity index (χ2v) is 8.27. The van der Waals surface area contributed by atoms with E-state index in [0.29, 0.717) is 27.8 Å². The van der Waals surface area contributed by atoms with Crippen molar-refractivity contribution in [1.82, 2.24) is 4.57 Å². The van der Waals surface area contributed by atoms with Gasteiger partial charge in [-0.2, -0.15) is 0 Å². The van der Waals surface area contributed by atoms with Crippen LogP contribution in [-0.4, -0.2) is 36.6 Å². The van der Waals surface area contributed by atoms with E-state index in [1.165, 1.54) is 0 Å². The molecule has 0 aliphatic heterocycles. The number of carbonyl (C=O) groups excluding carboxylic acids is 2. The van der Waals surface area contributed by atoms with Gasteiger partial charge >= 0.3 is 5.97 Å². The molecule has 0 saturated carbocycles. The highest BCUT2D eigenvalue weighted by Crippen LogP contribution is 2.27. The molecule has 0 amide bonds. The summed E-state index contributed by atoms with van der Waals surface area (Å²) >= 11 is 11.9. The van der Waals surface area contributed by atoms with Crippen molar-refractivity contribution in [3.05, 3.63) is 75.5 Å². The molecule has 0 atom stereocenters. The fourth-order valence-electron chi connectivity index (χ4n) is 3.46. The van der Waals surface area contributed by atoms with Gasteiger partial charge < -0.3 is 18.8 Å². The van der Waals surface area contributed by atoms with Crippen molar-refractivity contribution in [2.75, 3.05) is 20.3 Å². The third kappa shape index (κ3) is 6.30. The van der Waals surface area contributed by atoms with Gasteiger partial charge in [-0.1, -0.05) is 23.2 Å². The summed E-state index contributed by atoms with van der Waals surface area (Å²) in [6.07, 6.45) is 0.557. The predicted octanol–water partition coefficient (Wildman–Crippen LogP) is 5.99. The normalized spacial score (nSPS) is 10.7. The molecule has 8 heteroatoms.